The molecule has 1 aromatic heterocycles. The molecule has 3 N–H and O–H groups in total. The first-order valence-electron chi connectivity index (χ1n) is 10.3. The highest BCUT2D eigenvalue weighted by Crippen LogP contribution is 2.22. The van der Waals surface area contributed by atoms with E-state index in [2.05, 4.69) is 9.97 Å². The van der Waals surface area contributed by atoms with Crippen molar-refractivity contribution in [3.05, 3.63) is 75.3 Å². The predicted octanol–water partition coefficient (Wildman–Crippen LogP) is 4.30. The third kappa shape index (κ3) is 5.26. The number of rotatable bonds is 9. The molecule has 0 saturated carbocycles. The Hall–Kier alpha value is -2.70. The first kappa shape index (κ1) is 22.0. The first-order valence-corrected chi connectivity index (χ1v) is 10.6. The maximum atomic E-state index is 13.3. The number of aromatic amines is 1. The van der Waals surface area contributed by atoms with E-state index in [0.717, 1.165) is 25.7 Å². The molecule has 1 unspecified atom stereocenters. The Bertz CT molecular complexity index is 1070. The van der Waals surface area contributed by atoms with Crippen molar-refractivity contribution in [3.63, 3.8) is 0 Å². The predicted molar refractivity (Wildman–Crippen MR) is 121 cm³/mol. The van der Waals surface area contributed by atoms with Gasteiger partial charge in [0.15, 0.2) is 0 Å². The number of nitrogens with zero attached hydrogens (tertiary/aromatic N) is 2. The Balaban J connectivity index is 1.90. The van der Waals surface area contributed by atoms with E-state index in [1.165, 1.54) is 0 Å². The SMILES string of the molecule is CC(c1nc2ccccc2c(=O)[nH]1)N(CCCCCCN)C(=O)c1cccc(Cl)c1. The topological polar surface area (TPSA) is 92.1 Å². The van der Waals surface area contributed by atoms with Gasteiger partial charge in [0.1, 0.15) is 5.82 Å². The number of carbonyl (C=O) groups excluding carboxylic acids is 1. The zero-order chi connectivity index (χ0) is 21.5. The Morgan fingerprint density at radius 1 is 1.13 bits per heavy atom. The minimum Gasteiger partial charge on any atom is -0.330 e. The molecule has 30 heavy (non-hydrogen) atoms. The van der Waals surface area contributed by atoms with Gasteiger partial charge in [-0.1, -0.05) is 42.6 Å². The van der Waals surface area contributed by atoms with Crippen LogP contribution in [0.4, 0.5) is 0 Å². The second-order valence-electron chi connectivity index (χ2n) is 7.36. The van der Waals surface area contributed by atoms with Gasteiger partial charge in [0.2, 0.25) is 0 Å². The van der Waals surface area contributed by atoms with Crippen LogP contribution in [0.25, 0.3) is 10.9 Å². The fourth-order valence-electron chi connectivity index (χ4n) is 3.49. The number of H-pyrrole nitrogens is 1. The lowest BCUT2D eigenvalue weighted by molar-refractivity contribution is 0.0679. The Morgan fingerprint density at radius 3 is 2.67 bits per heavy atom. The standard InChI is InChI=1S/C23H27ClN4O2/c1-16(21-26-20-12-5-4-11-19(20)22(29)27-21)28(14-7-3-2-6-13-25)23(30)17-9-8-10-18(24)15-17/h4-5,8-12,15-16H,2-3,6-7,13-14,25H2,1H3,(H,26,27,29). The number of hydrogen-bond donors (Lipinski definition) is 2. The molecular formula is C23H27ClN4O2. The van der Waals surface area contributed by atoms with Crippen LogP contribution in [-0.4, -0.2) is 33.9 Å². The normalized spacial score (nSPS) is 12.1. The molecule has 0 aliphatic heterocycles. The minimum absolute atomic E-state index is 0.139. The van der Waals surface area contributed by atoms with Crippen molar-refractivity contribution < 1.29 is 4.79 Å². The largest absolute Gasteiger partial charge is 0.330 e. The number of amides is 1. The second kappa shape index (κ2) is 10.4. The second-order valence-corrected chi connectivity index (χ2v) is 7.79. The van der Waals surface area contributed by atoms with Crippen LogP contribution in [0.1, 0.15) is 54.8 Å². The number of para-hydroxylation sites is 1. The summed E-state index contributed by atoms with van der Waals surface area (Å²) in [5, 5.41) is 1.04. The minimum atomic E-state index is -0.400. The molecule has 0 fully saturated rings. The van der Waals surface area contributed by atoms with Gasteiger partial charge >= 0.3 is 0 Å². The number of unbranched alkanes of at least 4 members (excludes halogenated alkanes) is 3. The van der Waals surface area contributed by atoms with Crippen molar-refractivity contribution in [1.29, 1.82) is 0 Å². The summed E-state index contributed by atoms with van der Waals surface area (Å²) in [6.45, 7) is 3.10. The number of halogens is 1. The molecule has 0 saturated heterocycles. The lowest BCUT2D eigenvalue weighted by Gasteiger charge is -2.29. The summed E-state index contributed by atoms with van der Waals surface area (Å²) in [6.07, 6.45) is 3.81. The molecular weight excluding hydrogens is 400 g/mol. The van der Waals surface area contributed by atoms with Crippen LogP contribution in [0.3, 0.4) is 0 Å². The summed E-state index contributed by atoms with van der Waals surface area (Å²) in [4.78, 5) is 35.0. The number of benzene rings is 2. The highest BCUT2D eigenvalue weighted by molar-refractivity contribution is 6.30. The Kier molecular flexibility index (Phi) is 7.60. The van der Waals surface area contributed by atoms with E-state index in [9.17, 15) is 9.59 Å². The van der Waals surface area contributed by atoms with Gasteiger partial charge in [-0.3, -0.25) is 9.59 Å². The summed E-state index contributed by atoms with van der Waals surface area (Å²) in [6, 6.07) is 13.7. The Morgan fingerprint density at radius 2 is 1.90 bits per heavy atom. The third-order valence-corrected chi connectivity index (χ3v) is 5.42. The first-order chi connectivity index (χ1) is 14.5. The zero-order valence-corrected chi connectivity index (χ0v) is 17.9. The maximum Gasteiger partial charge on any atom is 0.258 e. The van der Waals surface area contributed by atoms with Crippen LogP contribution in [0.2, 0.25) is 5.02 Å². The van der Waals surface area contributed by atoms with Gasteiger partial charge in [0.25, 0.3) is 11.5 Å². The molecule has 1 atom stereocenters. The summed E-state index contributed by atoms with van der Waals surface area (Å²) in [5.74, 6) is 0.329. The molecule has 0 aliphatic rings. The monoisotopic (exact) mass is 426 g/mol. The number of hydrogen-bond acceptors (Lipinski definition) is 4. The molecule has 3 aromatic rings. The fourth-order valence-corrected chi connectivity index (χ4v) is 3.68. The van der Waals surface area contributed by atoms with Gasteiger partial charge in [0.05, 0.1) is 16.9 Å². The van der Waals surface area contributed by atoms with Crippen LogP contribution in [0.5, 0.6) is 0 Å². The number of aromatic nitrogens is 2. The molecule has 1 heterocycles. The summed E-state index contributed by atoms with van der Waals surface area (Å²) >= 11 is 6.10. The maximum absolute atomic E-state index is 13.3. The molecule has 2 aromatic carbocycles. The van der Waals surface area contributed by atoms with Gasteiger partial charge in [-0.2, -0.15) is 0 Å². The van der Waals surface area contributed by atoms with Gasteiger partial charge in [-0.15, -0.1) is 0 Å². The number of carbonyl (C=O) groups is 1. The lowest BCUT2D eigenvalue weighted by atomic mass is 10.1. The quantitative estimate of drug-likeness (QED) is 0.499. The Labute approximate surface area is 181 Å². The van der Waals surface area contributed by atoms with Crippen LogP contribution in [0.15, 0.2) is 53.3 Å². The van der Waals surface area contributed by atoms with E-state index < -0.39 is 6.04 Å². The molecule has 0 spiro atoms. The van der Waals surface area contributed by atoms with Crippen molar-refractivity contribution in [1.82, 2.24) is 14.9 Å². The lowest BCUT2D eigenvalue weighted by Crippen LogP contribution is -2.36. The molecule has 7 heteroatoms. The van der Waals surface area contributed by atoms with E-state index in [4.69, 9.17) is 17.3 Å². The molecule has 0 aliphatic carbocycles. The molecule has 6 nitrogen and oxygen atoms in total. The highest BCUT2D eigenvalue weighted by Gasteiger charge is 2.24. The van der Waals surface area contributed by atoms with Gasteiger partial charge in [0, 0.05) is 17.1 Å². The van der Waals surface area contributed by atoms with Crippen molar-refractivity contribution in [2.75, 3.05) is 13.1 Å². The molecule has 0 bridgehead atoms. The molecule has 158 valence electrons. The average molecular weight is 427 g/mol. The molecule has 0 radical (unpaired) electrons. The summed E-state index contributed by atoms with van der Waals surface area (Å²) in [7, 11) is 0. The summed E-state index contributed by atoms with van der Waals surface area (Å²) < 4.78 is 0. The van der Waals surface area contributed by atoms with E-state index in [1.54, 1.807) is 47.4 Å². The van der Waals surface area contributed by atoms with Crippen LogP contribution in [-0.2, 0) is 0 Å². The van der Waals surface area contributed by atoms with E-state index in [1.807, 2.05) is 13.0 Å². The third-order valence-electron chi connectivity index (χ3n) is 5.18. The smallest absolute Gasteiger partial charge is 0.258 e. The van der Waals surface area contributed by atoms with Crippen molar-refractivity contribution in [2.24, 2.45) is 5.73 Å². The van der Waals surface area contributed by atoms with Crippen molar-refractivity contribution in [2.45, 2.75) is 38.6 Å². The zero-order valence-electron chi connectivity index (χ0n) is 17.1. The van der Waals surface area contributed by atoms with Crippen molar-refractivity contribution in [3.8, 4) is 0 Å². The fraction of sp³-hybridized carbons (Fsp3) is 0.348. The number of fused-ring (bicyclic) bond motifs is 1. The van der Waals surface area contributed by atoms with E-state index >= 15 is 0 Å². The number of nitrogens with two attached hydrogens (primary N) is 1. The van der Waals surface area contributed by atoms with Gasteiger partial charge in [-0.05, 0) is 56.6 Å². The van der Waals surface area contributed by atoms with Gasteiger partial charge < -0.3 is 15.6 Å². The summed E-state index contributed by atoms with van der Waals surface area (Å²) in [5.41, 5.74) is 6.49. The molecule has 3 rings (SSSR count). The van der Waals surface area contributed by atoms with Crippen LogP contribution < -0.4 is 11.3 Å². The van der Waals surface area contributed by atoms with E-state index in [0.29, 0.717) is 40.4 Å². The van der Waals surface area contributed by atoms with Crippen LogP contribution >= 0.6 is 11.6 Å². The number of nitrogens with one attached hydrogen (secondary N) is 1. The molecule has 1 amide bonds. The average Bonchev–Trinajstić information content (AvgIpc) is 2.75. The van der Waals surface area contributed by atoms with Crippen molar-refractivity contribution >= 4 is 28.4 Å². The van der Waals surface area contributed by atoms with Gasteiger partial charge in [-0.25, -0.2) is 4.98 Å². The van der Waals surface area contributed by atoms with Crippen LogP contribution in [0, 0.1) is 0 Å². The van der Waals surface area contributed by atoms with E-state index in [-0.39, 0.29) is 11.5 Å². The highest BCUT2D eigenvalue weighted by atomic mass is 35.5.